The van der Waals surface area contributed by atoms with Gasteiger partial charge in [0.05, 0.1) is 31.1 Å². The first-order chi connectivity index (χ1) is 13.8. The van der Waals surface area contributed by atoms with Gasteiger partial charge in [0, 0.05) is 15.4 Å². The second-order valence-electron chi connectivity index (χ2n) is 6.96. The number of amidine groups is 1. The van der Waals surface area contributed by atoms with E-state index in [1.54, 1.807) is 7.11 Å². The Kier molecular flexibility index (Phi) is 5.72. The predicted molar refractivity (Wildman–Crippen MR) is 120 cm³/mol. The third kappa shape index (κ3) is 4.51. The summed E-state index contributed by atoms with van der Waals surface area (Å²) in [6, 6.07) is 14.7. The second-order valence-corrected chi connectivity index (χ2v) is 11.2. The monoisotopic (exact) mass is 494 g/mol. The summed E-state index contributed by atoms with van der Waals surface area (Å²) in [6.07, 6.45) is 0.176. The van der Waals surface area contributed by atoms with Crippen LogP contribution in [0.1, 0.15) is 5.56 Å². The molecule has 2 saturated heterocycles. The predicted octanol–water partition coefficient (Wildman–Crippen LogP) is 3.30. The van der Waals surface area contributed by atoms with Crippen molar-refractivity contribution < 1.29 is 17.9 Å². The van der Waals surface area contributed by atoms with Crippen LogP contribution in [0.25, 0.3) is 0 Å². The maximum atomic E-state index is 12.6. The van der Waals surface area contributed by atoms with E-state index in [0.29, 0.717) is 5.17 Å². The Balaban J connectivity index is 1.60. The van der Waals surface area contributed by atoms with Crippen LogP contribution in [0.5, 0.6) is 5.75 Å². The number of ether oxygens (including phenoxy) is 1. The molecule has 2 fully saturated rings. The lowest BCUT2D eigenvalue weighted by Gasteiger charge is -2.24. The van der Waals surface area contributed by atoms with Crippen LogP contribution in [-0.4, -0.2) is 49.4 Å². The first-order valence-corrected chi connectivity index (χ1v) is 12.5. The number of anilines is 1. The molecular weight excluding hydrogens is 476 g/mol. The Hall–Kier alpha value is -1.84. The van der Waals surface area contributed by atoms with Gasteiger partial charge in [-0.2, -0.15) is 4.99 Å². The molecule has 0 aromatic heterocycles. The van der Waals surface area contributed by atoms with Crippen LogP contribution in [0.4, 0.5) is 5.69 Å². The van der Waals surface area contributed by atoms with Crippen molar-refractivity contribution in [2.45, 2.75) is 17.7 Å². The van der Waals surface area contributed by atoms with Crippen LogP contribution in [-0.2, 0) is 21.1 Å². The van der Waals surface area contributed by atoms with Gasteiger partial charge in [0.25, 0.3) is 5.91 Å². The molecule has 2 aromatic rings. The number of aliphatic imine (C=N–C) groups is 1. The van der Waals surface area contributed by atoms with Gasteiger partial charge < -0.3 is 9.64 Å². The second kappa shape index (κ2) is 8.12. The lowest BCUT2D eigenvalue weighted by molar-refractivity contribution is -0.117. The smallest absolute Gasteiger partial charge is 0.252 e. The van der Waals surface area contributed by atoms with Gasteiger partial charge in [0.15, 0.2) is 15.0 Å². The maximum Gasteiger partial charge on any atom is 0.252 e. The number of hydrogen-bond acceptors (Lipinski definition) is 5. The number of benzene rings is 2. The number of sulfone groups is 1. The minimum atomic E-state index is -3.09. The number of methoxy groups -OCH3 is 1. The highest BCUT2D eigenvalue weighted by Gasteiger charge is 2.49. The summed E-state index contributed by atoms with van der Waals surface area (Å²) in [5.41, 5.74) is 1.68. The highest BCUT2D eigenvalue weighted by Crippen LogP contribution is 2.41. The number of carbonyl (C=O) groups is 1. The summed E-state index contributed by atoms with van der Waals surface area (Å²) >= 11 is 4.80. The van der Waals surface area contributed by atoms with Crippen molar-refractivity contribution in [3.05, 3.63) is 58.6 Å². The molecule has 29 heavy (non-hydrogen) atoms. The standard InChI is InChI=1S/C20H19BrN2O4S2/c1-27-16-8-2-13(3-9-16)10-19(24)22-20-23(15-6-4-14(21)5-7-15)17-11-29(25,26)12-18(17)28-20/h2-9,17-18H,10-12H2,1H3/t17-,18+/m0/s1. The van der Waals surface area contributed by atoms with Crippen LogP contribution < -0.4 is 9.64 Å². The van der Waals surface area contributed by atoms with E-state index in [1.165, 1.54) is 11.8 Å². The number of amides is 1. The summed E-state index contributed by atoms with van der Waals surface area (Å²) in [7, 11) is -1.49. The Morgan fingerprint density at radius 2 is 1.86 bits per heavy atom. The van der Waals surface area contributed by atoms with E-state index < -0.39 is 9.84 Å². The molecule has 6 nitrogen and oxygen atoms in total. The van der Waals surface area contributed by atoms with Gasteiger partial charge in [0.1, 0.15) is 5.75 Å². The molecule has 0 N–H and O–H groups in total. The molecule has 0 aliphatic carbocycles. The lowest BCUT2D eigenvalue weighted by Crippen LogP contribution is -2.37. The van der Waals surface area contributed by atoms with E-state index in [0.717, 1.165) is 21.5 Å². The zero-order valence-corrected chi connectivity index (χ0v) is 18.8. The Morgan fingerprint density at radius 1 is 1.17 bits per heavy atom. The first-order valence-electron chi connectivity index (χ1n) is 9.01. The van der Waals surface area contributed by atoms with E-state index in [1.807, 2.05) is 53.4 Å². The Bertz CT molecular complexity index is 1050. The summed E-state index contributed by atoms with van der Waals surface area (Å²) in [5, 5.41) is 0.451. The molecule has 2 aromatic carbocycles. The van der Waals surface area contributed by atoms with Crippen LogP contribution in [0.2, 0.25) is 0 Å². The third-order valence-electron chi connectivity index (χ3n) is 4.91. The van der Waals surface area contributed by atoms with Gasteiger partial charge in [-0.15, -0.1) is 0 Å². The van der Waals surface area contributed by atoms with Crippen LogP contribution in [0, 0.1) is 0 Å². The number of fused-ring (bicyclic) bond motifs is 1. The zero-order valence-electron chi connectivity index (χ0n) is 15.6. The summed E-state index contributed by atoms with van der Waals surface area (Å²) in [5.74, 6) is 0.657. The molecule has 152 valence electrons. The number of carbonyl (C=O) groups excluding carboxylic acids is 1. The van der Waals surface area contributed by atoms with E-state index in [2.05, 4.69) is 20.9 Å². The van der Waals surface area contributed by atoms with Gasteiger partial charge in [0.2, 0.25) is 0 Å². The molecule has 9 heteroatoms. The highest BCUT2D eigenvalue weighted by molar-refractivity contribution is 9.10. The minimum Gasteiger partial charge on any atom is -0.497 e. The number of hydrogen-bond donors (Lipinski definition) is 0. The van der Waals surface area contributed by atoms with E-state index in [4.69, 9.17) is 4.74 Å². The molecule has 0 saturated carbocycles. The van der Waals surface area contributed by atoms with Crippen molar-refractivity contribution in [2.24, 2.45) is 4.99 Å². The van der Waals surface area contributed by atoms with Crippen molar-refractivity contribution in [2.75, 3.05) is 23.5 Å². The molecule has 2 heterocycles. The average molecular weight is 495 g/mol. The molecule has 2 aliphatic rings. The fourth-order valence-electron chi connectivity index (χ4n) is 3.53. The van der Waals surface area contributed by atoms with E-state index >= 15 is 0 Å². The molecule has 2 atom stereocenters. The third-order valence-corrected chi connectivity index (χ3v) is 8.64. The topological polar surface area (TPSA) is 76.0 Å². The van der Waals surface area contributed by atoms with Crippen molar-refractivity contribution in [1.82, 2.24) is 0 Å². The molecular formula is C20H19BrN2O4S2. The van der Waals surface area contributed by atoms with Gasteiger partial charge in [-0.1, -0.05) is 39.8 Å². The van der Waals surface area contributed by atoms with Crippen LogP contribution in [0.3, 0.4) is 0 Å². The van der Waals surface area contributed by atoms with Gasteiger partial charge in [-0.3, -0.25) is 4.79 Å². The van der Waals surface area contributed by atoms with Crippen molar-refractivity contribution >= 4 is 54.3 Å². The number of halogens is 1. The zero-order chi connectivity index (χ0) is 20.6. The summed E-state index contributed by atoms with van der Waals surface area (Å²) < 4.78 is 30.3. The van der Waals surface area contributed by atoms with Crippen molar-refractivity contribution in [3.63, 3.8) is 0 Å². The summed E-state index contributed by atoms with van der Waals surface area (Å²) in [6.45, 7) is 0. The normalized spacial score (nSPS) is 23.9. The molecule has 0 unspecified atom stereocenters. The minimum absolute atomic E-state index is 0.0758. The fourth-order valence-corrected chi connectivity index (χ4v) is 7.73. The van der Waals surface area contributed by atoms with Crippen LogP contribution in [0.15, 0.2) is 58.0 Å². The van der Waals surface area contributed by atoms with Crippen molar-refractivity contribution in [1.29, 1.82) is 0 Å². The maximum absolute atomic E-state index is 12.6. The SMILES string of the molecule is COc1ccc(CC(=O)N=C2S[C@@H]3CS(=O)(=O)C[C@@H]3N2c2ccc(Br)cc2)cc1. The number of rotatable bonds is 4. The quantitative estimate of drug-likeness (QED) is 0.648. The Morgan fingerprint density at radius 3 is 2.52 bits per heavy atom. The van der Waals surface area contributed by atoms with E-state index in [9.17, 15) is 13.2 Å². The molecule has 4 rings (SSSR count). The van der Waals surface area contributed by atoms with Crippen molar-refractivity contribution in [3.8, 4) is 5.75 Å². The largest absolute Gasteiger partial charge is 0.497 e. The molecule has 2 aliphatic heterocycles. The van der Waals surface area contributed by atoms with Crippen LogP contribution >= 0.6 is 27.7 Å². The van der Waals surface area contributed by atoms with Gasteiger partial charge in [-0.05, 0) is 42.0 Å². The molecule has 0 radical (unpaired) electrons. The van der Waals surface area contributed by atoms with Gasteiger partial charge in [-0.25, -0.2) is 8.42 Å². The van der Waals surface area contributed by atoms with Gasteiger partial charge >= 0.3 is 0 Å². The number of nitrogens with zero attached hydrogens (tertiary/aromatic N) is 2. The number of thioether (sulfide) groups is 1. The molecule has 0 bridgehead atoms. The lowest BCUT2D eigenvalue weighted by atomic mass is 10.1. The van der Waals surface area contributed by atoms with E-state index in [-0.39, 0.29) is 35.1 Å². The summed E-state index contributed by atoms with van der Waals surface area (Å²) in [4.78, 5) is 18.9. The average Bonchev–Trinajstić information content (AvgIpc) is 3.14. The fraction of sp³-hybridized carbons (Fsp3) is 0.300. The first kappa shape index (κ1) is 20.4. The molecule has 1 amide bonds. The molecule has 0 spiro atoms. The highest BCUT2D eigenvalue weighted by atomic mass is 79.9. The Labute approximate surface area is 182 Å².